The maximum Gasteiger partial charge on any atom is 0.160 e. The van der Waals surface area contributed by atoms with Gasteiger partial charge in [0.05, 0.1) is 12.4 Å². The van der Waals surface area contributed by atoms with Crippen LogP contribution in [0.4, 0.5) is 0 Å². The molecular weight excluding hydrogens is 220 g/mol. The summed E-state index contributed by atoms with van der Waals surface area (Å²) in [6.45, 7) is 7.19. The van der Waals surface area contributed by atoms with Gasteiger partial charge >= 0.3 is 0 Å². The van der Waals surface area contributed by atoms with Gasteiger partial charge in [0.1, 0.15) is 0 Å². The molecule has 0 saturated carbocycles. The lowest BCUT2D eigenvalue weighted by Gasteiger charge is -2.21. The average molecular weight is 238 g/mol. The normalized spacial score (nSPS) is 20.6. The van der Waals surface area contributed by atoms with Crippen LogP contribution in [0.15, 0.2) is 18.2 Å². The summed E-state index contributed by atoms with van der Waals surface area (Å²) >= 11 is -1.13. The fourth-order valence-electron chi connectivity index (χ4n) is 1.97. The van der Waals surface area contributed by atoms with Crippen molar-refractivity contribution in [3.63, 3.8) is 0 Å². The second-order valence-electron chi connectivity index (χ2n) is 5.55. The lowest BCUT2D eigenvalue weighted by atomic mass is 9.87. The van der Waals surface area contributed by atoms with Gasteiger partial charge in [-0.25, -0.2) is 4.21 Å². The maximum atomic E-state index is 11.2. The summed E-state index contributed by atoms with van der Waals surface area (Å²) in [7, 11) is 0. The molecule has 88 valence electrons. The van der Waals surface area contributed by atoms with Gasteiger partial charge in [0, 0.05) is 0 Å². The van der Waals surface area contributed by atoms with Crippen molar-refractivity contribution in [1.82, 2.24) is 0 Å². The summed E-state index contributed by atoms with van der Waals surface area (Å²) in [5.74, 6) is 0.533. The van der Waals surface area contributed by atoms with Crippen molar-refractivity contribution in [2.45, 2.75) is 39.6 Å². The van der Waals surface area contributed by atoms with Crippen LogP contribution < -0.4 is 0 Å². The topological polar surface area (TPSA) is 26.3 Å². The molecule has 1 atom stereocenters. The second kappa shape index (κ2) is 4.30. The van der Waals surface area contributed by atoms with Crippen molar-refractivity contribution >= 4 is 11.1 Å². The minimum atomic E-state index is -1.13. The third-order valence-electron chi connectivity index (χ3n) is 2.62. The Morgan fingerprint density at radius 1 is 1.31 bits per heavy atom. The molecule has 1 aliphatic heterocycles. The van der Waals surface area contributed by atoms with Gasteiger partial charge in [-0.1, -0.05) is 39.0 Å². The van der Waals surface area contributed by atoms with Crippen LogP contribution in [0.25, 0.3) is 0 Å². The van der Waals surface area contributed by atoms with E-state index in [9.17, 15) is 4.21 Å². The highest BCUT2D eigenvalue weighted by Crippen LogP contribution is 2.25. The quantitative estimate of drug-likeness (QED) is 0.752. The van der Waals surface area contributed by atoms with Gasteiger partial charge in [0.25, 0.3) is 0 Å². The molecule has 1 aliphatic rings. The molecule has 1 aromatic carbocycles. The van der Waals surface area contributed by atoms with E-state index in [1.165, 1.54) is 16.7 Å². The van der Waals surface area contributed by atoms with E-state index < -0.39 is 11.1 Å². The van der Waals surface area contributed by atoms with Crippen LogP contribution in [0, 0.1) is 5.41 Å². The largest absolute Gasteiger partial charge is 0.285 e. The Kier molecular flexibility index (Phi) is 3.17. The summed E-state index contributed by atoms with van der Waals surface area (Å²) in [6, 6.07) is 6.43. The highest BCUT2D eigenvalue weighted by Gasteiger charge is 2.17. The predicted molar refractivity (Wildman–Crippen MR) is 66.2 cm³/mol. The third-order valence-corrected chi connectivity index (χ3v) is 3.55. The Balaban J connectivity index is 2.23. The van der Waals surface area contributed by atoms with Crippen LogP contribution >= 0.6 is 0 Å². The molecule has 3 heteroatoms. The average Bonchev–Trinajstić information content (AvgIpc) is 2.16. The number of hydrogen-bond donors (Lipinski definition) is 0. The van der Waals surface area contributed by atoms with E-state index in [2.05, 4.69) is 39.0 Å². The van der Waals surface area contributed by atoms with Crippen molar-refractivity contribution in [1.29, 1.82) is 0 Å². The molecule has 0 aliphatic carbocycles. The van der Waals surface area contributed by atoms with E-state index in [0.717, 1.165) is 6.42 Å². The van der Waals surface area contributed by atoms with Crippen molar-refractivity contribution in [2.24, 2.45) is 5.41 Å². The monoisotopic (exact) mass is 238 g/mol. The molecule has 1 aromatic rings. The number of benzene rings is 1. The van der Waals surface area contributed by atoms with Crippen LogP contribution in [0.1, 0.15) is 37.5 Å². The summed E-state index contributed by atoms with van der Waals surface area (Å²) in [5.41, 5.74) is 4.00. The zero-order valence-electron chi connectivity index (χ0n) is 10.1. The second-order valence-corrected chi connectivity index (χ2v) is 6.68. The van der Waals surface area contributed by atoms with Crippen molar-refractivity contribution in [3.05, 3.63) is 34.9 Å². The van der Waals surface area contributed by atoms with E-state index in [-0.39, 0.29) is 0 Å². The molecule has 2 nitrogen and oxygen atoms in total. The summed E-state index contributed by atoms with van der Waals surface area (Å²) < 4.78 is 16.4. The van der Waals surface area contributed by atoms with Crippen LogP contribution in [-0.4, -0.2) is 4.21 Å². The van der Waals surface area contributed by atoms with Crippen molar-refractivity contribution in [2.75, 3.05) is 0 Å². The predicted octanol–water partition coefficient (Wildman–Crippen LogP) is 2.97. The molecule has 0 N–H and O–H groups in total. The highest BCUT2D eigenvalue weighted by molar-refractivity contribution is 7.79. The van der Waals surface area contributed by atoms with Crippen LogP contribution in [0.2, 0.25) is 0 Å². The van der Waals surface area contributed by atoms with Crippen LogP contribution in [-0.2, 0) is 34.0 Å². The molecule has 1 unspecified atom stereocenters. The van der Waals surface area contributed by atoms with Crippen LogP contribution in [0.3, 0.4) is 0 Å². The van der Waals surface area contributed by atoms with Gasteiger partial charge in [-0.3, -0.25) is 4.18 Å². The Morgan fingerprint density at radius 3 is 2.75 bits per heavy atom. The molecule has 0 amide bonds. The lowest BCUT2D eigenvalue weighted by Crippen LogP contribution is -2.13. The van der Waals surface area contributed by atoms with E-state index in [4.69, 9.17) is 4.18 Å². The first-order chi connectivity index (χ1) is 7.44. The van der Waals surface area contributed by atoms with Gasteiger partial charge in [-0.15, -0.1) is 0 Å². The van der Waals surface area contributed by atoms with E-state index >= 15 is 0 Å². The van der Waals surface area contributed by atoms with Gasteiger partial charge in [0.15, 0.2) is 11.1 Å². The number of hydrogen-bond acceptors (Lipinski definition) is 2. The molecule has 0 bridgehead atoms. The zero-order chi connectivity index (χ0) is 11.8. The molecule has 0 saturated heterocycles. The summed E-state index contributed by atoms with van der Waals surface area (Å²) in [4.78, 5) is 0. The molecule has 0 spiro atoms. The van der Waals surface area contributed by atoms with Gasteiger partial charge in [-0.05, 0) is 28.5 Å². The first kappa shape index (κ1) is 11.8. The molecule has 16 heavy (non-hydrogen) atoms. The molecular formula is C13H18O2S. The summed E-state index contributed by atoms with van der Waals surface area (Å²) in [5, 5.41) is 0. The Bertz CT molecular complexity index is 418. The minimum Gasteiger partial charge on any atom is -0.285 e. The molecule has 1 heterocycles. The van der Waals surface area contributed by atoms with E-state index in [1.54, 1.807) is 0 Å². The first-order valence-electron chi connectivity index (χ1n) is 5.56. The molecule has 2 rings (SSSR count). The number of fused-ring (bicyclic) bond motifs is 1. The van der Waals surface area contributed by atoms with E-state index in [0.29, 0.717) is 17.8 Å². The lowest BCUT2D eigenvalue weighted by molar-refractivity contribution is 0.327. The fraction of sp³-hybridized carbons (Fsp3) is 0.538. The standard InChI is InChI=1S/C13H18O2S/c1-13(2,3)7-10-4-5-11-9-16(14)15-8-12(11)6-10/h4-6H,7-9H2,1-3H3. The highest BCUT2D eigenvalue weighted by atomic mass is 32.2. The Labute approximate surface area is 99.7 Å². The smallest absolute Gasteiger partial charge is 0.160 e. The Hall–Kier alpha value is -0.670. The zero-order valence-corrected chi connectivity index (χ0v) is 10.9. The van der Waals surface area contributed by atoms with Gasteiger partial charge in [-0.2, -0.15) is 0 Å². The fourth-order valence-corrected chi connectivity index (χ4v) is 2.85. The number of rotatable bonds is 1. The minimum absolute atomic E-state index is 0.298. The van der Waals surface area contributed by atoms with E-state index in [1.807, 2.05) is 0 Å². The molecule has 0 aromatic heterocycles. The molecule has 0 fully saturated rings. The Morgan fingerprint density at radius 2 is 2.06 bits per heavy atom. The summed E-state index contributed by atoms with van der Waals surface area (Å²) in [6.07, 6.45) is 1.06. The van der Waals surface area contributed by atoms with Crippen molar-refractivity contribution in [3.8, 4) is 0 Å². The maximum absolute atomic E-state index is 11.2. The first-order valence-corrected chi connectivity index (χ1v) is 6.81. The van der Waals surface area contributed by atoms with Crippen molar-refractivity contribution < 1.29 is 8.39 Å². The molecule has 0 radical (unpaired) electrons. The third kappa shape index (κ3) is 2.92. The van der Waals surface area contributed by atoms with Gasteiger partial charge in [0.2, 0.25) is 0 Å². The SMILES string of the molecule is CC(C)(C)Cc1ccc2c(c1)COS(=O)C2. The van der Waals surface area contributed by atoms with Crippen LogP contribution in [0.5, 0.6) is 0 Å². The van der Waals surface area contributed by atoms with Gasteiger partial charge < -0.3 is 0 Å².